The Morgan fingerprint density at radius 3 is 2.28 bits per heavy atom. The second-order valence-electron chi connectivity index (χ2n) is 7.05. The van der Waals surface area contributed by atoms with E-state index in [-0.39, 0.29) is 16.7 Å². The third-order valence-corrected chi connectivity index (χ3v) is 5.21. The van der Waals surface area contributed by atoms with Crippen LogP contribution in [-0.4, -0.2) is 20.1 Å². The summed E-state index contributed by atoms with van der Waals surface area (Å²) in [5.41, 5.74) is -1.48. The van der Waals surface area contributed by atoms with Gasteiger partial charge >= 0.3 is 5.69 Å². The Bertz CT molecular complexity index is 1480. The molecule has 4 aromatic rings. The number of benzene rings is 2. The Balaban J connectivity index is 2.14. The zero-order valence-corrected chi connectivity index (χ0v) is 17.5. The highest BCUT2D eigenvalue weighted by Crippen LogP contribution is 2.24. The zero-order valence-electron chi connectivity index (χ0n) is 16.8. The van der Waals surface area contributed by atoms with Crippen molar-refractivity contribution in [3.05, 3.63) is 96.9 Å². The molecule has 0 unspecified atom stereocenters. The Hall–Kier alpha value is -3.72. The molecule has 32 heavy (non-hydrogen) atoms. The standard InChI is InChI=1S/C22H17ClF2N4O3/c1-27-18(30)11-16(26-14-9-7-13(23)8-10-14)19-20(27)29(15-5-3-2-4-6-15)22(32)28(21(19)31)12-17(24)25/h2-11,17,26H,12H2,1H3. The maximum absolute atomic E-state index is 13.3. The number of fused-ring (bicyclic) bond motifs is 1. The normalized spacial score (nSPS) is 11.3. The molecular formula is C22H17ClF2N4O3. The van der Waals surface area contributed by atoms with E-state index in [0.29, 0.717) is 21.0 Å². The van der Waals surface area contributed by atoms with Crippen LogP contribution in [0.3, 0.4) is 0 Å². The minimum atomic E-state index is -2.93. The van der Waals surface area contributed by atoms with Crippen molar-refractivity contribution < 1.29 is 8.78 Å². The smallest absolute Gasteiger partial charge is 0.337 e. The van der Waals surface area contributed by atoms with E-state index in [4.69, 9.17) is 11.6 Å². The first-order chi connectivity index (χ1) is 15.3. The van der Waals surface area contributed by atoms with Gasteiger partial charge in [-0.25, -0.2) is 18.1 Å². The molecule has 7 nitrogen and oxygen atoms in total. The van der Waals surface area contributed by atoms with Crippen molar-refractivity contribution in [2.45, 2.75) is 13.0 Å². The van der Waals surface area contributed by atoms with Crippen LogP contribution in [-0.2, 0) is 13.6 Å². The number of pyridine rings is 1. The highest BCUT2D eigenvalue weighted by Gasteiger charge is 2.22. The maximum atomic E-state index is 13.3. The van der Waals surface area contributed by atoms with Gasteiger partial charge in [-0.15, -0.1) is 0 Å². The lowest BCUT2D eigenvalue weighted by molar-refractivity contribution is 0.123. The van der Waals surface area contributed by atoms with E-state index in [1.165, 1.54) is 13.1 Å². The Kier molecular flexibility index (Phi) is 5.67. The molecule has 2 aromatic heterocycles. The van der Waals surface area contributed by atoms with Gasteiger partial charge in [-0.1, -0.05) is 29.8 Å². The van der Waals surface area contributed by atoms with Crippen molar-refractivity contribution in [1.82, 2.24) is 13.7 Å². The summed E-state index contributed by atoms with van der Waals surface area (Å²) in [5.74, 6) is 0. The van der Waals surface area contributed by atoms with Crippen LogP contribution in [0.15, 0.2) is 75.0 Å². The lowest BCUT2D eigenvalue weighted by Crippen LogP contribution is -2.43. The predicted octanol–water partition coefficient (Wildman–Crippen LogP) is 3.51. The molecule has 0 aliphatic carbocycles. The Labute approximate surface area is 184 Å². The first-order valence-electron chi connectivity index (χ1n) is 9.53. The van der Waals surface area contributed by atoms with Gasteiger partial charge in [0.1, 0.15) is 11.0 Å². The number of halogens is 3. The van der Waals surface area contributed by atoms with Crippen molar-refractivity contribution in [3.8, 4) is 5.69 Å². The van der Waals surface area contributed by atoms with E-state index in [2.05, 4.69) is 5.32 Å². The van der Waals surface area contributed by atoms with Gasteiger partial charge in [-0.2, -0.15) is 0 Å². The number of para-hydroxylation sites is 1. The fraction of sp³-hybridized carbons (Fsp3) is 0.136. The number of aryl methyl sites for hydroxylation is 1. The second kappa shape index (κ2) is 8.43. The molecule has 0 spiro atoms. The minimum Gasteiger partial charge on any atom is -0.355 e. The fourth-order valence-electron chi connectivity index (χ4n) is 3.49. The van der Waals surface area contributed by atoms with Crippen molar-refractivity contribution in [2.24, 2.45) is 7.05 Å². The SMILES string of the molecule is Cn1c(=O)cc(Nc2ccc(Cl)cc2)c2c(=O)n(CC(F)F)c(=O)n(-c3ccccc3)c21. The van der Waals surface area contributed by atoms with Crippen LogP contribution in [0.2, 0.25) is 5.02 Å². The fourth-order valence-corrected chi connectivity index (χ4v) is 3.61. The van der Waals surface area contributed by atoms with E-state index >= 15 is 0 Å². The van der Waals surface area contributed by atoms with E-state index in [1.807, 2.05) is 0 Å². The van der Waals surface area contributed by atoms with Gasteiger partial charge < -0.3 is 5.32 Å². The van der Waals surface area contributed by atoms with E-state index in [9.17, 15) is 23.2 Å². The highest BCUT2D eigenvalue weighted by atomic mass is 35.5. The van der Waals surface area contributed by atoms with E-state index in [1.54, 1.807) is 54.6 Å². The van der Waals surface area contributed by atoms with Crippen LogP contribution in [0.5, 0.6) is 0 Å². The molecule has 0 atom stereocenters. The third-order valence-electron chi connectivity index (χ3n) is 4.96. The van der Waals surface area contributed by atoms with Gasteiger partial charge in [0.05, 0.1) is 17.9 Å². The molecule has 1 N–H and O–H groups in total. The molecule has 0 radical (unpaired) electrons. The Morgan fingerprint density at radius 1 is 1.00 bits per heavy atom. The third kappa shape index (κ3) is 3.82. The molecule has 0 saturated carbocycles. The average molecular weight is 459 g/mol. The molecule has 10 heteroatoms. The summed E-state index contributed by atoms with van der Waals surface area (Å²) < 4.78 is 29.2. The van der Waals surface area contributed by atoms with Crippen LogP contribution >= 0.6 is 11.6 Å². The average Bonchev–Trinajstić information content (AvgIpc) is 2.76. The largest absolute Gasteiger partial charge is 0.355 e. The number of alkyl halides is 2. The Morgan fingerprint density at radius 2 is 1.66 bits per heavy atom. The summed E-state index contributed by atoms with van der Waals surface area (Å²) in [6.07, 6.45) is -2.93. The van der Waals surface area contributed by atoms with E-state index in [0.717, 1.165) is 9.13 Å². The van der Waals surface area contributed by atoms with Crippen molar-refractivity contribution in [1.29, 1.82) is 0 Å². The number of nitrogens with zero attached hydrogens (tertiary/aromatic N) is 3. The topological polar surface area (TPSA) is 78.0 Å². The first-order valence-corrected chi connectivity index (χ1v) is 9.91. The highest BCUT2D eigenvalue weighted by molar-refractivity contribution is 6.30. The quantitative estimate of drug-likeness (QED) is 0.496. The van der Waals surface area contributed by atoms with Crippen LogP contribution in [0.25, 0.3) is 16.7 Å². The molecule has 0 fully saturated rings. The monoisotopic (exact) mass is 458 g/mol. The zero-order chi connectivity index (χ0) is 23.0. The van der Waals surface area contributed by atoms with Gasteiger partial charge in [-0.05, 0) is 36.4 Å². The van der Waals surface area contributed by atoms with Crippen molar-refractivity contribution in [3.63, 3.8) is 0 Å². The summed E-state index contributed by atoms with van der Waals surface area (Å²) in [6, 6.07) is 15.9. The number of aromatic nitrogens is 3. The molecule has 0 amide bonds. The molecule has 0 bridgehead atoms. The number of nitrogens with one attached hydrogen (secondary N) is 1. The summed E-state index contributed by atoms with van der Waals surface area (Å²) in [4.78, 5) is 39.1. The van der Waals surface area contributed by atoms with Gasteiger partial charge in [-0.3, -0.25) is 18.7 Å². The van der Waals surface area contributed by atoms with Crippen LogP contribution in [0.1, 0.15) is 0 Å². The second-order valence-corrected chi connectivity index (χ2v) is 7.48. The minimum absolute atomic E-state index is 0.0133. The summed E-state index contributed by atoms with van der Waals surface area (Å²) in [5, 5.41) is 3.38. The van der Waals surface area contributed by atoms with Crippen LogP contribution in [0.4, 0.5) is 20.2 Å². The molecule has 4 rings (SSSR count). The molecule has 0 saturated heterocycles. The van der Waals surface area contributed by atoms with Gasteiger partial charge in [0.15, 0.2) is 0 Å². The number of rotatable bonds is 5. The summed E-state index contributed by atoms with van der Waals surface area (Å²) in [7, 11) is 1.41. The number of anilines is 2. The summed E-state index contributed by atoms with van der Waals surface area (Å²) >= 11 is 5.91. The van der Waals surface area contributed by atoms with Gasteiger partial charge in [0.2, 0.25) is 0 Å². The number of hydrogen-bond donors (Lipinski definition) is 1. The lowest BCUT2D eigenvalue weighted by atomic mass is 10.2. The van der Waals surface area contributed by atoms with Crippen LogP contribution < -0.4 is 22.1 Å². The molecule has 0 aliphatic rings. The molecule has 2 aromatic carbocycles. The predicted molar refractivity (Wildman–Crippen MR) is 120 cm³/mol. The molecule has 2 heterocycles. The molecule has 164 valence electrons. The molecule has 0 aliphatic heterocycles. The van der Waals surface area contributed by atoms with Crippen molar-refractivity contribution >= 4 is 34.0 Å². The first kappa shape index (κ1) is 21.5. The van der Waals surface area contributed by atoms with Crippen molar-refractivity contribution in [2.75, 3.05) is 5.32 Å². The molecular weight excluding hydrogens is 442 g/mol. The summed E-state index contributed by atoms with van der Waals surface area (Å²) in [6.45, 7) is -1.08. The van der Waals surface area contributed by atoms with E-state index < -0.39 is 29.8 Å². The maximum Gasteiger partial charge on any atom is 0.337 e. The van der Waals surface area contributed by atoms with Gasteiger partial charge in [0.25, 0.3) is 17.5 Å². The number of hydrogen-bond acceptors (Lipinski definition) is 4. The van der Waals surface area contributed by atoms with Gasteiger partial charge in [0, 0.05) is 23.8 Å². The lowest BCUT2D eigenvalue weighted by Gasteiger charge is -2.18. The van der Waals surface area contributed by atoms with Crippen LogP contribution in [0, 0.1) is 0 Å².